The van der Waals surface area contributed by atoms with Crippen LogP contribution in [0.25, 0.3) is 15.9 Å². The molecule has 0 aliphatic carbocycles. The molecule has 0 fully saturated rings. The summed E-state index contributed by atoms with van der Waals surface area (Å²) in [5.41, 5.74) is 1.44. The van der Waals surface area contributed by atoms with Gasteiger partial charge in [0.2, 0.25) is 5.91 Å². The fourth-order valence-electron chi connectivity index (χ4n) is 2.82. The van der Waals surface area contributed by atoms with Gasteiger partial charge in [-0.1, -0.05) is 48.2 Å². The van der Waals surface area contributed by atoms with Crippen molar-refractivity contribution in [2.45, 2.75) is 5.16 Å². The van der Waals surface area contributed by atoms with Crippen molar-refractivity contribution in [3.05, 3.63) is 82.5 Å². The van der Waals surface area contributed by atoms with Crippen molar-refractivity contribution in [2.75, 3.05) is 17.7 Å². The molecule has 2 aromatic heterocycles. The molecular formula is C21H17N3O2S2. The summed E-state index contributed by atoms with van der Waals surface area (Å²) in [7, 11) is 1.75. The molecule has 0 atom stereocenters. The van der Waals surface area contributed by atoms with Gasteiger partial charge in [0.1, 0.15) is 4.83 Å². The SMILES string of the molecule is CN(C(=O)CSc1nc2sccc2c(=O)n1-c1ccccc1)c1ccccc1. The van der Waals surface area contributed by atoms with Gasteiger partial charge >= 0.3 is 0 Å². The predicted molar refractivity (Wildman–Crippen MR) is 116 cm³/mol. The molecule has 28 heavy (non-hydrogen) atoms. The number of carbonyl (C=O) groups excluding carboxylic acids is 1. The van der Waals surface area contributed by atoms with Crippen LogP contribution in [0.1, 0.15) is 0 Å². The summed E-state index contributed by atoms with van der Waals surface area (Å²) in [4.78, 5) is 32.6. The maximum atomic E-state index is 13.0. The van der Waals surface area contributed by atoms with Crippen LogP contribution in [0.15, 0.2) is 82.1 Å². The molecule has 4 rings (SSSR count). The third-order valence-electron chi connectivity index (χ3n) is 4.32. The summed E-state index contributed by atoms with van der Waals surface area (Å²) in [5.74, 6) is 0.123. The summed E-state index contributed by atoms with van der Waals surface area (Å²) >= 11 is 2.70. The van der Waals surface area contributed by atoms with Crippen LogP contribution in [-0.2, 0) is 4.79 Å². The molecular weight excluding hydrogens is 390 g/mol. The molecule has 2 aromatic carbocycles. The summed E-state index contributed by atoms with van der Waals surface area (Å²) in [5, 5.41) is 2.96. The molecule has 1 amide bonds. The Hall–Kier alpha value is -2.90. The number of carbonyl (C=O) groups is 1. The van der Waals surface area contributed by atoms with Gasteiger partial charge in [-0.05, 0) is 35.7 Å². The zero-order chi connectivity index (χ0) is 19.5. The second-order valence-corrected chi connectivity index (χ2v) is 7.92. The topological polar surface area (TPSA) is 55.2 Å². The van der Waals surface area contributed by atoms with Crippen LogP contribution in [0.5, 0.6) is 0 Å². The second-order valence-electron chi connectivity index (χ2n) is 6.09. The number of hydrogen-bond acceptors (Lipinski definition) is 5. The molecule has 0 saturated heterocycles. The number of para-hydroxylation sites is 2. The molecule has 4 aromatic rings. The fraction of sp³-hybridized carbons (Fsp3) is 0.0952. The van der Waals surface area contributed by atoms with Gasteiger partial charge in [0, 0.05) is 12.7 Å². The highest BCUT2D eigenvalue weighted by molar-refractivity contribution is 7.99. The van der Waals surface area contributed by atoms with Crippen molar-refractivity contribution in [2.24, 2.45) is 0 Å². The molecule has 140 valence electrons. The van der Waals surface area contributed by atoms with E-state index in [0.717, 1.165) is 11.4 Å². The van der Waals surface area contributed by atoms with Crippen molar-refractivity contribution in [1.29, 1.82) is 0 Å². The van der Waals surface area contributed by atoms with Crippen molar-refractivity contribution >= 4 is 44.9 Å². The van der Waals surface area contributed by atoms with Crippen molar-refractivity contribution < 1.29 is 4.79 Å². The number of rotatable bonds is 5. The fourth-order valence-corrected chi connectivity index (χ4v) is 4.55. The first-order chi connectivity index (χ1) is 13.6. The molecule has 0 aliphatic rings. The Balaban J connectivity index is 1.67. The first-order valence-corrected chi connectivity index (χ1v) is 10.5. The van der Waals surface area contributed by atoms with Gasteiger partial charge in [0.25, 0.3) is 5.56 Å². The normalized spacial score (nSPS) is 10.9. The number of anilines is 1. The number of thiophene rings is 1. The minimum Gasteiger partial charge on any atom is -0.315 e. The van der Waals surface area contributed by atoms with Crippen LogP contribution in [0.4, 0.5) is 5.69 Å². The lowest BCUT2D eigenvalue weighted by atomic mass is 10.3. The smallest absolute Gasteiger partial charge is 0.267 e. The first-order valence-electron chi connectivity index (χ1n) is 8.65. The zero-order valence-electron chi connectivity index (χ0n) is 15.1. The summed E-state index contributed by atoms with van der Waals surface area (Å²) in [6, 6.07) is 20.6. The Morgan fingerprint density at radius 2 is 1.75 bits per heavy atom. The van der Waals surface area contributed by atoms with E-state index in [2.05, 4.69) is 4.98 Å². The molecule has 7 heteroatoms. The first kappa shape index (κ1) is 18.5. The Labute approximate surface area is 170 Å². The van der Waals surface area contributed by atoms with E-state index in [1.54, 1.807) is 22.6 Å². The van der Waals surface area contributed by atoms with Gasteiger partial charge in [0.05, 0.1) is 16.8 Å². The molecule has 0 bridgehead atoms. The molecule has 0 spiro atoms. The van der Waals surface area contributed by atoms with E-state index < -0.39 is 0 Å². The van der Waals surface area contributed by atoms with E-state index in [1.165, 1.54) is 23.1 Å². The lowest BCUT2D eigenvalue weighted by Crippen LogP contribution is -2.28. The van der Waals surface area contributed by atoms with E-state index in [4.69, 9.17) is 0 Å². The van der Waals surface area contributed by atoms with E-state index in [-0.39, 0.29) is 17.2 Å². The van der Waals surface area contributed by atoms with Crippen molar-refractivity contribution in [1.82, 2.24) is 9.55 Å². The molecule has 0 N–H and O–H groups in total. The third kappa shape index (κ3) is 3.58. The minimum absolute atomic E-state index is 0.0589. The number of thioether (sulfide) groups is 1. The highest BCUT2D eigenvalue weighted by Gasteiger charge is 2.17. The molecule has 0 unspecified atom stereocenters. The highest BCUT2D eigenvalue weighted by atomic mass is 32.2. The van der Waals surface area contributed by atoms with Gasteiger partial charge < -0.3 is 4.90 Å². The van der Waals surface area contributed by atoms with Crippen LogP contribution in [-0.4, -0.2) is 28.3 Å². The van der Waals surface area contributed by atoms with E-state index in [9.17, 15) is 9.59 Å². The van der Waals surface area contributed by atoms with Crippen LogP contribution in [0, 0.1) is 0 Å². The lowest BCUT2D eigenvalue weighted by molar-refractivity contribution is -0.115. The van der Waals surface area contributed by atoms with E-state index >= 15 is 0 Å². The second kappa shape index (κ2) is 8.00. The van der Waals surface area contributed by atoms with Crippen LogP contribution in [0.2, 0.25) is 0 Å². The van der Waals surface area contributed by atoms with Crippen molar-refractivity contribution in [3.63, 3.8) is 0 Å². The summed E-state index contributed by atoms with van der Waals surface area (Å²) in [6.45, 7) is 0. The lowest BCUT2D eigenvalue weighted by Gasteiger charge is -2.17. The van der Waals surface area contributed by atoms with E-state index in [1.807, 2.05) is 66.0 Å². The predicted octanol–water partition coefficient (Wildman–Crippen LogP) is 4.20. The average molecular weight is 408 g/mol. The number of amides is 1. The third-order valence-corrected chi connectivity index (χ3v) is 6.05. The minimum atomic E-state index is -0.121. The van der Waals surface area contributed by atoms with E-state index in [0.29, 0.717) is 15.4 Å². The Bertz CT molecular complexity index is 1170. The van der Waals surface area contributed by atoms with Crippen LogP contribution in [0.3, 0.4) is 0 Å². The molecule has 0 radical (unpaired) electrons. The van der Waals surface area contributed by atoms with Gasteiger partial charge in [0.15, 0.2) is 5.16 Å². The number of benzene rings is 2. The molecule has 0 saturated carbocycles. The maximum absolute atomic E-state index is 13.0. The quantitative estimate of drug-likeness (QED) is 0.367. The Morgan fingerprint density at radius 3 is 2.46 bits per heavy atom. The van der Waals surface area contributed by atoms with Crippen molar-refractivity contribution in [3.8, 4) is 5.69 Å². The average Bonchev–Trinajstić information content (AvgIpc) is 3.22. The largest absolute Gasteiger partial charge is 0.315 e. The standard InChI is InChI=1S/C21H17N3O2S2/c1-23(15-8-4-2-5-9-15)18(25)14-28-21-22-19-17(12-13-27-19)20(26)24(21)16-10-6-3-7-11-16/h2-13H,14H2,1H3. The zero-order valence-corrected chi connectivity index (χ0v) is 16.7. The monoisotopic (exact) mass is 407 g/mol. The molecule has 0 aliphatic heterocycles. The Morgan fingerprint density at radius 1 is 1.07 bits per heavy atom. The summed E-state index contributed by atoms with van der Waals surface area (Å²) < 4.78 is 1.58. The Kier molecular flexibility index (Phi) is 5.27. The van der Waals surface area contributed by atoms with Gasteiger partial charge in [-0.25, -0.2) is 4.98 Å². The molecule has 5 nitrogen and oxygen atoms in total. The van der Waals surface area contributed by atoms with Gasteiger partial charge in [-0.15, -0.1) is 11.3 Å². The van der Waals surface area contributed by atoms with Crippen LogP contribution < -0.4 is 10.5 Å². The maximum Gasteiger partial charge on any atom is 0.267 e. The highest BCUT2D eigenvalue weighted by Crippen LogP contribution is 2.24. The molecule has 2 heterocycles. The number of hydrogen-bond donors (Lipinski definition) is 0. The van der Waals surface area contributed by atoms with Gasteiger partial charge in [-0.3, -0.25) is 14.2 Å². The number of fused-ring (bicyclic) bond motifs is 1. The summed E-state index contributed by atoms with van der Waals surface area (Å²) in [6.07, 6.45) is 0. The van der Waals surface area contributed by atoms with Gasteiger partial charge in [-0.2, -0.15) is 0 Å². The number of nitrogens with zero attached hydrogens (tertiary/aromatic N) is 3. The number of aromatic nitrogens is 2. The van der Waals surface area contributed by atoms with Crippen LogP contribution >= 0.6 is 23.1 Å².